The van der Waals surface area contributed by atoms with E-state index in [2.05, 4.69) is 5.32 Å². The van der Waals surface area contributed by atoms with E-state index in [1.807, 2.05) is 6.92 Å². The van der Waals surface area contributed by atoms with Gasteiger partial charge in [0.15, 0.2) is 5.78 Å². The molecule has 1 aromatic carbocycles. The summed E-state index contributed by atoms with van der Waals surface area (Å²) in [6, 6.07) is 5.22. The number of carbonyl (C=O) groups excluding carboxylic acids is 1. The molecule has 16 heavy (non-hydrogen) atoms. The van der Waals surface area contributed by atoms with Gasteiger partial charge in [0.05, 0.1) is 5.02 Å². The van der Waals surface area contributed by atoms with Crippen molar-refractivity contribution in [2.24, 2.45) is 5.92 Å². The smallest absolute Gasteiger partial charge is 0.169 e. The molecule has 1 fully saturated rings. The van der Waals surface area contributed by atoms with E-state index in [9.17, 15) is 4.79 Å². The van der Waals surface area contributed by atoms with Crippen LogP contribution in [0.4, 0.5) is 0 Å². The topological polar surface area (TPSA) is 29.1 Å². The van der Waals surface area contributed by atoms with Crippen LogP contribution in [0.15, 0.2) is 18.2 Å². The van der Waals surface area contributed by atoms with Gasteiger partial charge in [-0.2, -0.15) is 0 Å². The van der Waals surface area contributed by atoms with Crippen LogP contribution in [0.25, 0.3) is 0 Å². The molecule has 1 heterocycles. The number of nitrogens with one attached hydrogen (secondary N) is 1. The van der Waals surface area contributed by atoms with Gasteiger partial charge in [0.1, 0.15) is 0 Å². The second-order valence-electron chi connectivity index (χ2n) is 4.13. The number of halogens is 2. The predicted molar refractivity (Wildman–Crippen MR) is 66.4 cm³/mol. The Morgan fingerprint density at radius 1 is 1.44 bits per heavy atom. The van der Waals surface area contributed by atoms with Crippen molar-refractivity contribution >= 4 is 29.0 Å². The molecule has 4 heteroatoms. The van der Waals surface area contributed by atoms with Gasteiger partial charge < -0.3 is 5.32 Å². The van der Waals surface area contributed by atoms with Gasteiger partial charge in [-0.05, 0) is 38.1 Å². The second kappa shape index (κ2) is 4.74. The van der Waals surface area contributed by atoms with Crippen molar-refractivity contribution < 1.29 is 4.79 Å². The lowest BCUT2D eigenvalue weighted by molar-refractivity contribution is 0.0914. The van der Waals surface area contributed by atoms with Crippen molar-refractivity contribution in [2.45, 2.75) is 19.4 Å². The summed E-state index contributed by atoms with van der Waals surface area (Å²) in [7, 11) is 0. The quantitative estimate of drug-likeness (QED) is 0.825. The molecule has 2 atom stereocenters. The van der Waals surface area contributed by atoms with Crippen LogP contribution in [0.3, 0.4) is 0 Å². The number of carbonyl (C=O) groups is 1. The number of hydrogen-bond donors (Lipinski definition) is 1. The first-order valence-electron chi connectivity index (χ1n) is 5.32. The summed E-state index contributed by atoms with van der Waals surface area (Å²) in [5.74, 6) is 0.0981. The summed E-state index contributed by atoms with van der Waals surface area (Å²) in [5.41, 5.74) is 0.537. The maximum Gasteiger partial charge on any atom is 0.169 e. The third kappa shape index (κ3) is 2.24. The fraction of sp³-hybridized carbons (Fsp3) is 0.417. The van der Waals surface area contributed by atoms with Gasteiger partial charge in [0.2, 0.25) is 0 Å². The van der Waals surface area contributed by atoms with Crippen molar-refractivity contribution in [1.82, 2.24) is 5.32 Å². The molecule has 1 N–H and O–H groups in total. The van der Waals surface area contributed by atoms with E-state index < -0.39 is 0 Å². The molecular formula is C12H13Cl2NO. The van der Waals surface area contributed by atoms with Crippen LogP contribution in [0.1, 0.15) is 23.7 Å². The molecule has 0 spiro atoms. The van der Waals surface area contributed by atoms with Crippen LogP contribution in [-0.4, -0.2) is 18.4 Å². The highest BCUT2D eigenvalue weighted by molar-refractivity contribution is 6.36. The Balaban J connectivity index is 2.29. The molecule has 0 radical (unpaired) electrons. The molecule has 0 bridgehead atoms. The largest absolute Gasteiger partial charge is 0.313 e. The first-order valence-corrected chi connectivity index (χ1v) is 6.08. The molecular weight excluding hydrogens is 245 g/mol. The predicted octanol–water partition coefficient (Wildman–Crippen LogP) is 3.17. The Bertz CT molecular complexity index is 419. The van der Waals surface area contributed by atoms with Gasteiger partial charge in [0.25, 0.3) is 0 Å². The molecule has 0 saturated carbocycles. The third-order valence-electron chi connectivity index (χ3n) is 3.06. The van der Waals surface area contributed by atoms with E-state index in [1.54, 1.807) is 18.2 Å². The molecule has 0 aliphatic carbocycles. The lowest BCUT2D eigenvalue weighted by Gasteiger charge is -2.14. The number of Topliss-reactive ketones (excluding diaryl/α,β-unsaturated/α-hetero) is 1. The number of hydrogen-bond acceptors (Lipinski definition) is 2. The van der Waals surface area contributed by atoms with Gasteiger partial charge in [0, 0.05) is 22.5 Å². The number of rotatable bonds is 2. The van der Waals surface area contributed by atoms with Crippen molar-refractivity contribution in [3.05, 3.63) is 33.8 Å². The molecule has 1 aliphatic rings. The summed E-state index contributed by atoms with van der Waals surface area (Å²) in [6.45, 7) is 2.91. The average Bonchev–Trinajstić information content (AvgIpc) is 2.67. The first kappa shape index (κ1) is 11.9. The van der Waals surface area contributed by atoms with E-state index in [-0.39, 0.29) is 17.7 Å². The van der Waals surface area contributed by atoms with Crippen LogP contribution in [-0.2, 0) is 0 Å². The standard InChI is InChI=1S/C12H13Cl2NO/c1-7-9(4-5-15-7)12(16)10-6-8(13)2-3-11(10)14/h2-3,6-7,9,15H,4-5H2,1H3. The van der Waals surface area contributed by atoms with Crippen molar-refractivity contribution in [3.63, 3.8) is 0 Å². The maximum atomic E-state index is 12.2. The van der Waals surface area contributed by atoms with Crippen LogP contribution >= 0.6 is 23.2 Å². The lowest BCUT2D eigenvalue weighted by atomic mass is 9.92. The van der Waals surface area contributed by atoms with E-state index in [0.717, 1.165) is 13.0 Å². The Labute approximate surface area is 105 Å². The zero-order valence-electron chi connectivity index (χ0n) is 8.97. The van der Waals surface area contributed by atoms with Crippen LogP contribution in [0, 0.1) is 5.92 Å². The Kier molecular flexibility index (Phi) is 3.53. The Morgan fingerprint density at radius 2 is 2.19 bits per heavy atom. The Hall–Kier alpha value is -0.570. The fourth-order valence-corrected chi connectivity index (χ4v) is 2.49. The average molecular weight is 258 g/mol. The van der Waals surface area contributed by atoms with E-state index >= 15 is 0 Å². The molecule has 0 amide bonds. The van der Waals surface area contributed by atoms with Crippen LogP contribution < -0.4 is 5.32 Å². The molecule has 2 rings (SSSR count). The van der Waals surface area contributed by atoms with Gasteiger partial charge in [-0.25, -0.2) is 0 Å². The lowest BCUT2D eigenvalue weighted by Crippen LogP contribution is -2.28. The van der Waals surface area contributed by atoms with Crippen molar-refractivity contribution in [3.8, 4) is 0 Å². The molecule has 2 nitrogen and oxygen atoms in total. The maximum absolute atomic E-state index is 12.2. The SMILES string of the molecule is CC1NCCC1C(=O)c1cc(Cl)ccc1Cl. The minimum atomic E-state index is 0.0102. The minimum absolute atomic E-state index is 0.0102. The summed E-state index contributed by atoms with van der Waals surface area (Å²) < 4.78 is 0. The monoisotopic (exact) mass is 257 g/mol. The highest BCUT2D eigenvalue weighted by Crippen LogP contribution is 2.27. The minimum Gasteiger partial charge on any atom is -0.313 e. The van der Waals surface area contributed by atoms with Crippen molar-refractivity contribution in [1.29, 1.82) is 0 Å². The summed E-state index contributed by atoms with van der Waals surface area (Å²) in [4.78, 5) is 12.2. The van der Waals surface area contributed by atoms with Crippen LogP contribution in [0.2, 0.25) is 10.0 Å². The molecule has 0 aromatic heterocycles. The van der Waals surface area contributed by atoms with E-state index in [0.29, 0.717) is 15.6 Å². The third-order valence-corrected chi connectivity index (χ3v) is 3.62. The molecule has 86 valence electrons. The van der Waals surface area contributed by atoms with E-state index in [1.165, 1.54) is 0 Å². The summed E-state index contributed by atoms with van der Waals surface area (Å²) in [5, 5.41) is 4.29. The first-order chi connectivity index (χ1) is 7.59. The van der Waals surface area contributed by atoms with Gasteiger partial charge in [-0.15, -0.1) is 0 Å². The van der Waals surface area contributed by atoms with Gasteiger partial charge in [-0.1, -0.05) is 23.2 Å². The zero-order chi connectivity index (χ0) is 11.7. The fourth-order valence-electron chi connectivity index (χ4n) is 2.10. The highest BCUT2D eigenvalue weighted by atomic mass is 35.5. The summed E-state index contributed by atoms with van der Waals surface area (Å²) >= 11 is 11.9. The second-order valence-corrected chi connectivity index (χ2v) is 4.97. The summed E-state index contributed by atoms with van der Waals surface area (Å²) in [6.07, 6.45) is 0.864. The molecule has 1 aliphatic heterocycles. The highest BCUT2D eigenvalue weighted by Gasteiger charge is 2.31. The van der Waals surface area contributed by atoms with E-state index in [4.69, 9.17) is 23.2 Å². The number of ketones is 1. The van der Waals surface area contributed by atoms with Gasteiger partial charge >= 0.3 is 0 Å². The van der Waals surface area contributed by atoms with Crippen molar-refractivity contribution in [2.75, 3.05) is 6.54 Å². The van der Waals surface area contributed by atoms with Crippen LogP contribution in [0.5, 0.6) is 0 Å². The molecule has 1 aromatic rings. The Morgan fingerprint density at radius 3 is 2.81 bits per heavy atom. The normalized spacial score (nSPS) is 24.7. The molecule has 1 saturated heterocycles. The zero-order valence-corrected chi connectivity index (χ0v) is 10.5. The molecule has 2 unspecified atom stereocenters. The van der Waals surface area contributed by atoms with Gasteiger partial charge in [-0.3, -0.25) is 4.79 Å². The number of benzene rings is 1.